The fraction of sp³-hybridized carbons (Fsp3) is 0.200. The van der Waals surface area contributed by atoms with E-state index in [9.17, 15) is 23.9 Å². The highest BCUT2D eigenvalue weighted by molar-refractivity contribution is 5.84. The molecule has 1 aromatic carbocycles. The minimum absolute atomic E-state index is 0.0328. The SMILES string of the molecule is Cn1c(O)c(C=NNC(=O)Cc2ccc(F)cc2)c(=O)n(C)c1=O. The zero-order valence-corrected chi connectivity index (χ0v) is 13.0. The summed E-state index contributed by atoms with van der Waals surface area (Å²) in [6, 6.07) is 5.40. The van der Waals surface area contributed by atoms with Gasteiger partial charge < -0.3 is 5.11 Å². The molecule has 0 saturated carbocycles. The summed E-state index contributed by atoms with van der Waals surface area (Å²) in [5.74, 6) is -1.45. The van der Waals surface area contributed by atoms with Crippen LogP contribution in [0.25, 0.3) is 0 Å². The standard InChI is InChI=1S/C15H15FN4O4/c1-19-13(22)11(14(23)20(2)15(19)24)8-17-18-12(21)7-9-3-5-10(16)6-4-9/h3-6,8,22H,7H2,1-2H3,(H,18,21). The van der Waals surface area contributed by atoms with Crippen molar-refractivity contribution in [2.45, 2.75) is 6.42 Å². The second kappa shape index (κ2) is 6.90. The third-order valence-corrected chi connectivity index (χ3v) is 3.33. The lowest BCUT2D eigenvalue weighted by Crippen LogP contribution is -2.38. The van der Waals surface area contributed by atoms with E-state index in [0.717, 1.165) is 15.3 Å². The first-order chi connectivity index (χ1) is 11.3. The van der Waals surface area contributed by atoms with E-state index in [4.69, 9.17) is 0 Å². The number of rotatable bonds is 4. The maximum Gasteiger partial charge on any atom is 0.333 e. The first-order valence-corrected chi connectivity index (χ1v) is 6.86. The number of carbonyl (C=O) groups is 1. The van der Waals surface area contributed by atoms with Gasteiger partial charge in [0.2, 0.25) is 11.8 Å². The Bertz CT molecular complexity index is 913. The molecule has 0 fully saturated rings. The van der Waals surface area contributed by atoms with Gasteiger partial charge in [-0.15, -0.1) is 0 Å². The molecular weight excluding hydrogens is 319 g/mol. The molecule has 0 saturated heterocycles. The van der Waals surface area contributed by atoms with Crippen molar-refractivity contribution in [3.63, 3.8) is 0 Å². The largest absolute Gasteiger partial charge is 0.494 e. The van der Waals surface area contributed by atoms with Crippen LogP contribution in [0, 0.1) is 5.82 Å². The average Bonchev–Trinajstić information content (AvgIpc) is 2.56. The Labute approximate surface area is 135 Å². The van der Waals surface area contributed by atoms with Crippen LogP contribution in [0.2, 0.25) is 0 Å². The monoisotopic (exact) mass is 334 g/mol. The molecule has 0 aliphatic carbocycles. The van der Waals surface area contributed by atoms with Crippen molar-refractivity contribution in [3.05, 3.63) is 62.0 Å². The van der Waals surface area contributed by atoms with E-state index >= 15 is 0 Å². The molecule has 0 radical (unpaired) electrons. The number of halogens is 1. The van der Waals surface area contributed by atoms with Gasteiger partial charge in [-0.05, 0) is 17.7 Å². The fourth-order valence-corrected chi connectivity index (χ4v) is 1.97. The second-order valence-corrected chi connectivity index (χ2v) is 5.04. The second-order valence-electron chi connectivity index (χ2n) is 5.04. The summed E-state index contributed by atoms with van der Waals surface area (Å²) in [6.07, 6.45) is 0.925. The lowest BCUT2D eigenvalue weighted by Gasteiger charge is -2.07. The molecule has 0 aliphatic heterocycles. The van der Waals surface area contributed by atoms with Crippen molar-refractivity contribution < 1.29 is 14.3 Å². The average molecular weight is 334 g/mol. The molecule has 0 aliphatic rings. The van der Waals surface area contributed by atoms with E-state index in [1.54, 1.807) is 0 Å². The molecule has 126 valence electrons. The summed E-state index contributed by atoms with van der Waals surface area (Å²) in [6.45, 7) is 0. The van der Waals surface area contributed by atoms with Gasteiger partial charge in [-0.25, -0.2) is 14.6 Å². The van der Waals surface area contributed by atoms with Crippen LogP contribution in [0.5, 0.6) is 5.88 Å². The molecule has 2 N–H and O–H groups in total. The highest BCUT2D eigenvalue weighted by atomic mass is 19.1. The highest BCUT2D eigenvalue weighted by Gasteiger charge is 2.13. The fourth-order valence-electron chi connectivity index (χ4n) is 1.97. The van der Waals surface area contributed by atoms with E-state index < -0.39 is 28.9 Å². The van der Waals surface area contributed by atoms with Crippen LogP contribution in [0.1, 0.15) is 11.1 Å². The first-order valence-electron chi connectivity index (χ1n) is 6.86. The topological polar surface area (TPSA) is 106 Å². The molecule has 2 aromatic rings. The van der Waals surface area contributed by atoms with E-state index in [0.29, 0.717) is 5.56 Å². The Hall–Kier alpha value is -3.23. The van der Waals surface area contributed by atoms with Crippen molar-refractivity contribution in [1.82, 2.24) is 14.6 Å². The van der Waals surface area contributed by atoms with Crippen molar-refractivity contribution in [2.75, 3.05) is 0 Å². The van der Waals surface area contributed by atoms with Crippen LogP contribution in [-0.4, -0.2) is 26.4 Å². The zero-order chi connectivity index (χ0) is 17.9. The lowest BCUT2D eigenvalue weighted by atomic mass is 10.1. The van der Waals surface area contributed by atoms with Crippen molar-refractivity contribution in [2.24, 2.45) is 19.2 Å². The van der Waals surface area contributed by atoms with Gasteiger partial charge in [0.25, 0.3) is 5.56 Å². The summed E-state index contributed by atoms with van der Waals surface area (Å²) >= 11 is 0. The van der Waals surface area contributed by atoms with Gasteiger partial charge in [-0.2, -0.15) is 5.10 Å². The molecule has 8 nitrogen and oxygen atoms in total. The number of nitrogens with one attached hydrogen (secondary N) is 1. The van der Waals surface area contributed by atoms with Gasteiger partial charge in [0.1, 0.15) is 11.4 Å². The minimum Gasteiger partial charge on any atom is -0.494 e. The summed E-state index contributed by atoms with van der Waals surface area (Å²) in [7, 11) is 2.55. The predicted molar refractivity (Wildman–Crippen MR) is 84.4 cm³/mol. The van der Waals surface area contributed by atoms with Gasteiger partial charge in [0.15, 0.2) is 0 Å². The predicted octanol–water partition coefficient (Wildman–Crippen LogP) is -0.379. The zero-order valence-electron chi connectivity index (χ0n) is 13.0. The summed E-state index contributed by atoms with van der Waals surface area (Å²) in [5.41, 5.74) is 1.12. The number of nitrogens with zero attached hydrogens (tertiary/aromatic N) is 3. The van der Waals surface area contributed by atoms with E-state index in [2.05, 4.69) is 10.5 Å². The number of aromatic nitrogens is 2. The Morgan fingerprint density at radius 3 is 2.50 bits per heavy atom. The third-order valence-electron chi connectivity index (χ3n) is 3.33. The quantitative estimate of drug-likeness (QED) is 0.587. The Balaban J connectivity index is 2.12. The smallest absolute Gasteiger partial charge is 0.333 e. The Morgan fingerprint density at radius 2 is 1.88 bits per heavy atom. The number of hydrogen-bond donors (Lipinski definition) is 2. The van der Waals surface area contributed by atoms with Crippen LogP contribution in [0.3, 0.4) is 0 Å². The molecule has 0 spiro atoms. The van der Waals surface area contributed by atoms with Gasteiger partial charge in [0.05, 0.1) is 12.6 Å². The van der Waals surface area contributed by atoms with Gasteiger partial charge in [0, 0.05) is 14.1 Å². The van der Waals surface area contributed by atoms with Crippen molar-refractivity contribution in [1.29, 1.82) is 0 Å². The molecule has 1 heterocycles. The van der Waals surface area contributed by atoms with Crippen molar-refractivity contribution >= 4 is 12.1 Å². The summed E-state index contributed by atoms with van der Waals surface area (Å²) in [5, 5.41) is 13.4. The molecule has 1 amide bonds. The van der Waals surface area contributed by atoms with E-state index in [1.807, 2.05) is 0 Å². The van der Waals surface area contributed by atoms with Crippen LogP contribution in [-0.2, 0) is 25.3 Å². The van der Waals surface area contributed by atoms with Gasteiger partial charge in [-0.3, -0.25) is 18.7 Å². The van der Waals surface area contributed by atoms with Crippen LogP contribution in [0.4, 0.5) is 4.39 Å². The normalized spacial score (nSPS) is 11.0. The Kier molecular flexibility index (Phi) is 4.93. The Morgan fingerprint density at radius 1 is 1.25 bits per heavy atom. The number of carbonyl (C=O) groups excluding carboxylic acids is 1. The molecule has 0 unspecified atom stereocenters. The maximum absolute atomic E-state index is 12.8. The number of amides is 1. The van der Waals surface area contributed by atoms with Gasteiger partial charge in [-0.1, -0.05) is 12.1 Å². The molecular formula is C15H15FN4O4. The number of hydrazone groups is 1. The molecule has 0 bridgehead atoms. The van der Waals surface area contributed by atoms with Crippen LogP contribution >= 0.6 is 0 Å². The first kappa shape index (κ1) is 17.1. The molecule has 2 rings (SSSR count). The maximum atomic E-state index is 12.8. The number of aromatic hydroxyl groups is 1. The highest BCUT2D eigenvalue weighted by Crippen LogP contribution is 2.06. The van der Waals surface area contributed by atoms with Crippen LogP contribution in [0.15, 0.2) is 39.0 Å². The van der Waals surface area contributed by atoms with Crippen LogP contribution < -0.4 is 16.7 Å². The molecule has 24 heavy (non-hydrogen) atoms. The molecule has 9 heteroatoms. The number of benzene rings is 1. The molecule has 0 atom stereocenters. The van der Waals surface area contributed by atoms with Gasteiger partial charge >= 0.3 is 5.69 Å². The molecule has 1 aromatic heterocycles. The number of hydrogen-bond acceptors (Lipinski definition) is 5. The minimum atomic E-state index is -0.743. The summed E-state index contributed by atoms with van der Waals surface area (Å²) in [4.78, 5) is 35.2. The van der Waals surface area contributed by atoms with Crippen molar-refractivity contribution in [3.8, 4) is 5.88 Å². The van der Waals surface area contributed by atoms with E-state index in [1.165, 1.54) is 38.4 Å². The van der Waals surface area contributed by atoms with E-state index in [-0.39, 0.29) is 12.0 Å². The lowest BCUT2D eigenvalue weighted by molar-refractivity contribution is -0.120. The summed E-state index contributed by atoms with van der Waals surface area (Å²) < 4.78 is 14.5. The third kappa shape index (κ3) is 3.57.